The maximum Gasteiger partial charge on any atom is 0.196 e. The van der Waals surface area contributed by atoms with E-state index in [9.17, 15) is 8.76 Å². The third-order valence-electron chi connectivity index (χ3n) is 5.19. The first-order valence-electron chi connectivity index (χ1n) is 9.16. The number of para-hydroxylation sites is 1. The third-order valence-corrected chi connectivity index (χ3v) is 5.77. The van der Waals surface area contributed by atoms with E-state index in [0.29, 0.717) is 9.99 Å². The van der Waals surface area contributed by atoms with Gasteiger partial charge in [-0.15, -0.1) is 0 Å². The van der Waals surface area contributed by atoms with Crippen LogP contribution in [0.25, 0.3) is 11.1 Å². The van der Waals surface area contributed by atoms with E-state index in [1.54, 1.807) is 18.3 Å². The van der Waals surface area contributed by atoms with Gasteiger partial charge in [0.15, 0.2) is 6.19 Å². The predicted molar refractivity (Wildman–Crippen MR) is 104 cm³/mol. The normalized spacial score (nSPS) is 16.0. The zero-order valence-electron chi connectivity index (χ0n) is 14.8. The van der Waals surface area contributed by atoms with Crippen molar-refractivity contribution < 1.29 is 8.76 Å². The van der Waals surface area contributed by atoms with E-state index in [0.717, 1.165) is 23.5 Å². The molecule has 0 spiro atoms. The molecule has 1 unspecified atom stereocenters. The molecule has 0 saturated heterocycles. The van der Waals surface area contributed by atoms with Gasteiger partial charge in [0.05, 0.1) is 17.0 Å². The molecule has 0 aliphatic heterocycles. The summed E-state index contributed by atoms with van der Waals surface area (Å²) >= 11 is -2.63. The zero-order valence-corrected chi connectivity index (χ0v) is 15.6. The molecule has 1 atom stereocenters. The van der Waals surface area contributed by atoms with Gasteiger partial charge < -0.3 is 4.55 Å². The van der Waals surface area contributed by atoms with Crippen molar-refractivity contribution in [1.82, 2.24) is 0 Å². The van der Waals surface area contributed by atoms with Crippen molar-refractivity contribution in [3.8, 4) is 17.3 Å². The Hall–Kier alpha value is -2.16. The van der Waals surface area contributed by atoms with E-state index >= 15 is 0 Å². The molecule has 0 radical (unpaired) electrons. The van der Waals surface area contributed by atoms with Gasteiger partial charge in [-0.1, -0.05) is 74.6 Å². The molecule has 0 N–H and O–H groups in total. The summed E-state index contributed by atoms with van der Waals surface area (Å²) in [6, 6.07) is 15.3. The van der Waals surface area contributed by atoms with E-state index in [1.807, 2.05) is 24.3 Å². The fourth-order valence-corrected chi connectivity index (χ4v) is 4.15. The second-order valence-corrected chi connectivity index (χ2v) is 7.67. The van der Waals surface area contributed by atoms with Gasteiger partial charge >= 0.3 is 0 Å². The van der Waals surface area contributed by atoms with Crippen LogP contribution >= 0.6 is 0 Å². The molecule has 1 aliphatic carbocycles. The molecule has 4 nitrogen and oxygen atoms in total. The second kappa shape index (κ2) is 8.98. The van der Waals surface area contributed by atoms with Gasteiger partial charge in [0.2, 0.25) is 0 Å². The molecule has 1 aliphatic rings. The van der Waals surface area contributed by atoms with Crippen LogP contribution in [0.4, 0.5) is 5.69 Å². The molecule has 0 aromatic heterocycles. The molecule has 26 heavy (non-hydrogen) atoms. The molecule has 0 bridgehead atoms. The Morgan fingerprint density at radius 1 is 1.08 bits per heavy atom. The Morgan fingerprint density at radius 3 is 2.42 bits per heavy atom. The lowest BCUT2D eigenvalue weighted by Crippen LogP contribution is -2.19. The summed E-state index contributed by atoms with van der Waals surface area (Å²) in [6.45, 7) is 0. The maximum absolute atomic E-state index is 11.3. The first-order chi connectivity index (χ1) is 12.7. The number of hydrogen-bond donors (Lipinski definition) is 0. The molecular weight excluding hydrogens is 344 g/mol. The van der Waals surface area contributed by atoms with Gasteiger partial charge in [0, 0.05) is 5.56 Å². The monoisotopic (exact) mass is 367 g/mol. The number of rotatable bonds is 6. The van der Waals surface area contributed by atoms with Gasteiger partial charge in [-0.05, 0) is 36.0 Å². The quantitative estimate of drug-likeness (QED) is 0.412. The minimum atomic E-state index is -2.63. The van der Waals surface area contributed by atoms with Crippen molar-refractivity contribution in [1.29, 1.82) is 5.26 Å². The van der Waals surface area contributed by atoms with Gasteiger partial charge in [-0.25, -0.2) is 4.31 Å². The highest BCUT2D eigenvalue weighted by Crippen LogP contribution is 2.32. The number of nitrogens with zero attached hydrogens (tertiary/aromatic N) is 2. The smallest absolute Gasteiger partial charge is 0.196 e. The molecule has 136 valence electrons. The Morgan fingerprint density at radius 2 is 1.77 bits per heavy atom. The van der Waals surface area contributed by atoms with Crippen LogP contribution in [0.1, 0.15) is 44.1 Å². The van der Waals surface area contributed by atoms with Crippen molar-refractivity contribution in [3.63, 3.8) is 0 Å². The standard InChI is InChI=1S/C21H24N2O2S/c22-16-23(26(24)25)21-9-5-4-8-20(21)19-14-12-18(13-15-19)11-10-17-6-2-1-3-7-17/h4-5,8-9,12-15,17H,1-3,6-7,10-11H2,(H,24,25)/p-1. The Bertz CT molecular complexity index is 792. The molecule has 2 aromatic rings. The summed E-state index contributed by atoms with van der Waals surface area (Å²) in [5.41, 5.74) is 3.32. The number of aryl methyl sites for hydroxylation is 1. The minimum absolute atomic E-state index is 0.373. The van der Waals surface area contributed by atoms with Gasteiger partial charge in [-0.2, -0.15) is 5.26 Å². The first-order valence-corrected chi connectivity index (χ1v) is 10.2. The Labute approximate surface area is 157 Å². The van der Waals surface area contributed by atoms with Gasteiger partial charge in [-0.3, -0.25) is 4.21 Å². The third kappa shape index (κ3) is 4.51. The highest BCUT2D eigenvalue weighted by molar-refractivity contribution is 7.80. The largest absolute Gasteiger partial charge is 0.754 e. The van der Waals surface area contributed by atoms with E-state index in [1.165, 1.54) is 44.1 Å². The molecule has 2 aromatic carbocycles. The average Bonchev–Trinajstić information content (AvgIpc) is 2.68. The van der Waals surface area contributed by atoms with Crippen molar-refractivity contribution >= 4 is 17.0 Å². The summed E-state index contributed by atoms with van der Waals surface area (Å²) in [5.74, 6) is 0.861. The Kier molecular flexibility index (Phi) is 6.43. The lowest BCUT2D eigenvalue weighted by atomic mass is 9.85. The van der Waals surface area contributed by atoms with Crippen LogP contribution in [0, 0.1) is 17.4 Å². The molecule has 5 heteroatoms. The molecule has 0 heterocycles. The van der Waals surface area contributed by atoms with E-state index < -0.39 is 11.3 Å². The molecule has 1 saturated carbocycles. The Balaban J connectivity index is 1.74. The molecule has 0 amide bonds. The average molecular weight is 367 g/mol. The fraction of sp³-hybridized carbons (Fsp3) is 0.381. The van der Waals surface area contributed by atoms with Crippen LogP contribution < -0.4 is 4.31 Å². The van der Waals surface area contributed by atoms with Crippen molar-refractivity contribution in [2.45, 2.75) is 44.9 Å². The minimum Gasteiger partial charge on any atom is -0.754 e. The van der Waals surface area contributed by atoms with Crippen LogP contribution in [0.2, 0.25) is 0 Å². The maximum atomic E-state index is 11.3. The lowest BCUT2D eigenvalue weighted by molar-refractivity contribution is 0.339. The topological polar surface area (TPSA) is 67.2 Å². The molecule has 1 fully saturated rings. The van der Waals surface area contributed by atoms with Gasteiger partial charge in [0.25, 0.3) is 0 Å². The van der Waals surface area contributed by atoms with Crippen LogP contribution in [0.5, 0.6) is 0 Å². The second-order valence-electron chi connectivity index (χ2n) is 6.87. The highest BCUT2D eigenvalue weighted by Gasteiger charge is 2.14. The zero-order chi connectivity index (χ0) is 18.4. The van der Waals surface area contributed by atoms with E-state index in [2.05, 4.69) is 12.1 Å². The van der Waals surface area contributed by atoms with Crippen LogP contribution in [0.15, 0.2) is 48.5 Å². The first kappa shape index (κ1) is 18.6. The summed E-state index contributed by atoms with van der Waals surface area (Å²) in [7, 11) is 0. The molecule has 3 rings (SSSR count). The fourth-order valence-electron chi connectivity index (χ4n) is 3.76. The lowest BCUT2D eigenvalue weighted by Gasteiger charge is -2.21. The SMILES string of the molecule is N#CN(c1ccccc1-c1ccc(CCC2CCCCC2)cc1)S(=O)[O-]. The number of benzene rings is 2. The van der Waals surface area contributed by atoms with Crippen molar-refractivity contribution in [2.24, 2.45) is 5.92 Å². The summed E-state index contributed by atoms with van der Waals surface area (Å²) in [4.78, 5) is 0. The van der Waals surface area contributed by atoms with E-state index in [-0.39, 0.29) is 0 Å². The number of hydrogen-bond acceptors (Lipinski definition) is 3. The van der Waals surface area contributed by atoms with Crippen LogP contribution in [-0.2, 0) is 17.7 Å². The molecular formula is C21H23N2O2S-. The number of nitriles is 1. The highest BCUT2D eigenvalue weighted by atomic mass is 32.2. The summed E-state index contributed by atoms with van der Waals surface area (Å²) in [6.07, 6.45) is 10.9. The van der Waals surface area contributed by atoms with Crippen LogP contribution in [0.3, 0.4) is 0 Å². The predicted octanol–water partition coefficient (Wildman–Crippen LogP) is 4.95. The van der Waals surface area contributed by atoms with Crippen LogP contribution in [-0.4, -0.2) is 8.76 Å². The number of anilines is 1. The van der Waals surface area contributed by atoms with Crippen molar-refractivity contribution in [3.05, 3.63) is 54.1 Å². The van der Waals surface area contributed by atoms with Gasteiger partial charge in [0.1, 0.15) is 0 Å². The summed E-state index contributed by atoms with van der Waals surface area (Å²) < 4.78 is 23.3. The summed E-state index contributed by atoms with van der Waals surface area (Å²) in [5, 5.41) is 9.14. The van der Waals surface area contributed by atoms with Crippen molar-refractivity contribution in [2.75, 3.05) is 4.31 Å². The van der Waals surface area contributed by atoms with E-state index in [4.69, 9.17) is 5.26 Å².